The van der Waals surface area contributed by atoms with E-state index in [-0.39, 0.29) is 35.9 Å². The topological polar surface area (TPSA) is 77.3 Å². The quantitative estimate of drug-likeness (QED) is 0.761. The van der Waals surface area contributed by atoms with Gasteiger partial charge in [-0.1, -0.05) is 23.4 Å². The predicted molar refractivity (Wildman–Crippen MR) is 90.8 cm³/mol. The molecular formula is C18H21FN4O3. The van der Waals surface area contributed by atoms with Crippen molar-refractivity contribution in [3.63, 3.8) is 0 Å². The van der Waals surface area contributed by atoms with Gasteiger partial charge in [0.15, 0.2) is 5.69 Å². The van der Waals surface area contributed by atoms with Crippen molar-refractivity contribution in [1.82, 2.24) is 19.9 Å². The number of amides is 1. The maximum atomic E-state index is 13.7. The molecule has 8 heteroatoms. The Kier molecular flexibility index (Phi) is 5.60. The van der Waals surface area contributed by atoms with Crippen LogP contribution in [0.15, 0.2) is 30.5 Å². The summed E-state index contributed by atoms with van der Waals surface area (Å²) in [5.41, 5.74) is 0.655. The average molecular weight is 360 g/mol. The number of carbonyl (C=O) groups is 2. The molecule has 1 aromatic carbocycles. The summed E-state index contributed by atoms with van der Waals surface area (Å²) in [4.78, 5) is 26.2. The lowest BCUT2D eigenvalue weighted by Crippen LogP contribution is -2.43. The predicted octanol–water partition coefficient (Wildman–Crippen LogP) is 1.88. The van der Waals surface area contributed by atoms with Gasteiger partial charge in [0.25, 0.3) is 5.91 Å². The molecule has 0 bridgehead atoms. The number of hydrogen-bond donors (Lipinski definition) is 0. The van der Waals surface area contributed by atoms with Crippen LogP contribution in [-0.4, -0.2) is 51.5 Å². The van der Waals surface area contributed by atoms with E-state index >= 15 is 0 Å². The first-order valence-corrected chi connectivity index (χ1v) is 8.68. The Morgan fingerprint density at radius 3 is 2.92 bits per heavy atom. The van der Waals surface area contributed by atoms with Gasteiger partial charge in [-0.05, 0) is 25.8 Å². The van der Waals surface area contributed by atoms with Crippen molar-refractivity contribution < 1.29 is 18.7 Å². The number of esters is 1. The summed E-state index contributed by atoms with van der Waals surface area (Å²) in [6.07, 6.45) is 2.95. The van der Waals surface area contributed by atoms with Crippen LogP contribution in [0.4, 0.5) is 4.39 Å². The fourth-order valence-electron chi connectivity index (χ4n) is 3.05. The monoisotopic (exact) mass is 360 g/mol. The fourth-order valence-corrected chi connectivity index (χ4v) is 3.05. The van der Waals surface area contributed by atoms with Crippen molar-refractivity contribution in [2.24, 2.45) is 5.92 Å². The maximum Gasteiger partial charge on any atom is 0.310 e. The molecule has 1 aromatic heterocycles. The number of aromatic nitrogens is 3. The molecule has 1 atom stereocenters. The Morgan fingerprint density at radius 2 is 2.15 bits per heavy atom. The molecule has 0 spiro atoms. The van der Waals surface area contributed by atoms with E-state index in [4.69, 9.17) is 4.74 Å². The molecule has 2 aromatic rings. The second-order valence-electron chi connectivity index (χ2n) is 6.24. The zero-order valence-electron chi connectivity index (χ0n) is 14.6. The second-order valence-corrected chi connectivity index (χ2v) is 6.24. The second kappa shape index (κ2) is 8.07. The number of ether oxygens (including phenoxy) is 1. The third kappa shape index (κ3) is 4.07. The van der Waals surface area contributed by atoms with E-state index in [1.54, 1.807) is 30.0 Å². The highest BCUT2D eigenvalue weighted by atomic mass is 19.1. The Hall–Kier alpha value is -2.77. The Bertz CT molecular complexity index is 792. The van der Waals surface area contributed by atoms with Crippen LogP contribution in [0.3, 0.4) is 0 Å². The number of benzene rings is 1. The van der Waals surface area contributed by atoms with Gasteiger partial charge in [-0.25, -0.2) is 9.07 Å². The maximum absolute atomic E-state index is 13.7. The van der Waals surface area contributed by atoms with Gasteiger partial charge in [0, 0.05) is 18.7 Å². The molecule has 0 radical (unpaired) electrons. The number of carbonyl (C=O) groups excluding carboxylic acids is 2. The fraction of sp³-hybridized carbons (Fsp3) is 0.444. The minimum Gasteiger partial charge on any atom is -0.466 e. The van der Waals surface area contributed by atoms with E-state index in [9.17, 15) is 14.0 Å². The number of nitrogens with zero attached hydrogens (tertiary/aromatic N) is 4. The Morgan fingerprint density at radius 1 is 1.35 bits per heavy atom. The van der Waals surface area contributed by atoms with Crippen molar-refractivity contribution in [3.05, 3.63) is 47.5 Å². The summed E-state index contributed by atoms with van der Waals surface area (Å²) >= 11 is 0. The SMILES string of the molecule is CCOC(=O)[C@@H]1CCCN(C(=O)c2cn(Cc3ccccc3F)nn2)C1. The van der Waals surface area contributed by atoms with Crippen LogP contribution < -0.4 is 0 Å². The molecule has 0 unspecified atom stereocenters. The van der Waals surface area contributed by atoms with E-state index in [2.05, 4.69) is 10.3 Å². The average Bonchev–Trinajstić information content (AvgIpc) is 3.12. The lowest BCUT2D eigenvalue weighted by molar-refractivity contribution is -0.149. The largest absolute Gasteiger partial charge is 0.466 e. The van der Waals surface area contributed by atoms with Crippen LogP contribution in [0.1, 0.15) is 35.8 Å². The van der Waals surface area contributed by atoms with E-state index in [0.717, 1.165) is 6.42 Å². The Labute approximate surface area is 150 Å². The van der Waals surface area contributed by atoms with E-state index in [1.165, 1.54) is 16.9 Å². The molecule has 7 nitrogen and oxygen atoms in total. The number of piperidine rings is 1. The third-order valence-electron chi connectivity index (χ3n) is 4.38. The van der Waals surface area contributed by atoms with Gasteiger partial charge in [0.1, 0.15) is 5.82 Å². The molecule has 0 N–H and O–H groups in total. The molecular weight excluding hydrogens is 339 g/mol. The molecule has 1 saturated heterocycles. The number of hydrogen-bond acceptors (Lipinski definition) is 5. The molecule has 1 aliphatic heterocycles. The van der Waals surface area contributed by atoms with E-state index in [1.807, 2.05) is 0 Å². The third-order valence-corrected chi connectivity index (χ3v) is 4.38. The summed E-state index contributed by atoms with van der Waals surface area (Å²) in [5.74, 6) is -1.18. The van der Waals surface area contributed by atoms with Crippen LogP contribution in [0.25, 0.3) is 0 Å². The summed E-state index contributed by atoms with van der Waals surface area (Å²) in [5, 5.41) is 7.82. The molecule has 0 aliphatic carbocycles. The molecule has 1 fully saturated rings. The van der Waals surface area contributed by atoms with E-state index < -0.39 is 0 Å². The highest BCUT2D eigenvalue weighted by Crippen LogP contribution is 2.19. The number of rotatable bonds is 5. The van der Waals surface area contributed by atoms with Crippen molar-refractivity contribution in [2.45, 2.75) is 26.3 Å². The minimum atomic E-state index is -0.329. The van der Waals surface area contributed by atoms with Gasteiger partial charge in [0.05, 0.1) is 25.3 Å². The molecule has 1 amide bonds. The lowest BCUT2D eigenvalue weighted by Gasteiger charge is -2.30. The van der Waals surface area contributed by atoms with Crippen molar-refractivity contribution >= 4 is 11.9 Å². The summed E-state index contributed by atoms with van der Waals surface area (Å²) < 4.78 is 20.2. The zero-order chi connectivity index (χ0) is 18.5. The Balaban J connectivity index is 1.66. The molecule has 0 saturated carbocycles. The lowest BCUT2D eigenvalue weighted by atomic mass is 9.98. The van der Waals surface area contributed by atoms with Gasteiger partial charge >= 0.3 is 5.97 Å². The molecule has 3 rings (SSSR count). The first kappa shape index (κ1) is 18.0. The standard InChI is InChI=1S/C18H21FN4O3/c1-2-26-18(25)14-7-5-9-22(10-14)17(24)16-12-23(21-20-16)11-13-6-3-4-8-15(13)19/h3-4,6,8,12,14H,2,5,7,9-11H2,1H3/t14-/m1/s1. The van der Waals surface area contributed by atoms with Crippen LogP contribution in [0.2, 0.25) is 0 Å². The molecule has 2 heterocycles. The smallest absolute Gasteiger partial charge is 0.310 e. The zero-order valence-corrected chi connectivity index (χ0v) is 14.6. The molecule has 26 heavy (non-hydrogen) atoms. The van der Waals surface area contributed by atoms with Crippen molar-refractivity contribution in [1.29, 1.82) is 0 Å². The summed E-state index contributed by atoms with van der Waals surface area (Å²) in [6, 6.07) is 6.39. The van der Waals surface area contributed by atoms with Crippen molar-refractivity contribution in [3.8, 4) is 0 Å². The summed E-state index contributed by atoms with van der Waals surface area (Å²) in [6.45, 7) is 3.16. The van der Waals surface area contributed by atoms with Crippen molar-refractivity contribution in [2.75, 3.05) is 19.7 Å². The van der Waals surface area contributed by atoms with Gasteiger partial charge in [0.2, 0.25) is 0 Å². The first-order chi connectivity index (χ1) is 12.6. The molecule has 138 valence electrons. The van der Waals surface area contributed by atoms with Gasteiger partial charge in [-0.15, -0.1) is 5.10 Å². The minimum absolute atomic E-state index is 0.186. The van der Waals surface area contributed by atoms with Crippen LogP contribution in [0.5, 0.6) is 0 Å². The molecule has 1 aliphatic rings. The van der Waals surface area contributed by atoms with Crippen LogP contribution >= 0.6 is 0 Å². The van der Waals surface area contributed by atoms with Gasteiger partial charge < -0.3 is 9.64 Å². The van der Waals surface area contributed by atoms with Crippen LogP contribution in [-0.2, 0) is 16.1 Å². The number of likely N-dealkylation sites (tertiary alicyclic amines) is 1. The highest BCUT2D eigenvalue weighted by molar-refractivity contribution is 5.92. The number of halogens is 1. The summed E-state index contributed by atoms with van der Waals surface area (Å²) in [7, 11) is 0. The van der Waals surface area contributed by atoms with Gasteiger partial charge in [-0.3, -0.25) is 9.59 Å². The first-order valence-electron chi connectivity index (χ1n) is 8.68. The van der Waals surface area contributed by atoms with Gasteiger partial charge in [-0.2, -0.15) is 0 Å². The van der Waals surface area contributed by atoms with Crippen LogP contribution in [0, 0.1) is 11.7 Å². The highest BCUT2D eigenvalue weighted by Gasteiger charge is 2.30. The normalized spacial score (nSPS) is 17.2. The van der Waals surface area contributed by atoms with E-state index in [0.29, 0.717) is 31.7 Å².